The van der Waals surface area contributed by atoms with Gasteiger partial charge in [-0.05, 0) is 29.8 Å². The number of rotatable bonds is 5. The number of hydrogen-bond donors (Lipinski definition) is 1. The smallest absolute Gasteiger partial charge is 0.127 e. The minimum Gasteiger partial charge on any atom is -0.457 e. The van der Waals surface area contributed by atoms with Crippen molar-refractivity contribution in [1.82, 2.24) is 10.2 Å². The lowest BCUT2D eigenvalue weighted by Crippen LogP contribution is -2.45. The van der Waals surface area contributed by atoms with Crippen molar-refractivity contribution < 1.29 is 4.74 Å². The molecule has 0 unspecified atom stereocenters. The Labute approximate surface area is 161 Å². The van der Waals surface area contributed by atoms with E-state index < -0.39 is 0 Å². The summed E-state index contributed by atoms with van der Waals surface area (Å²) in [6.45, 7) is 3.93. The number of para-hydroxylation sites is 1. The highest BCUT2D eigenvalue weighted by molar-refractivity contribution is 5.85. The highest BCUT2D eigenvalue weighted by atomic mass is 35.5. The lowest BCUT2D eigenvalue weighted by molar-refractivity contribution is 0.175. The molecule has 0 radical (unpaired) electrons. The molecule has 4 nitrogen and oxygen atoms in total. The van der Waals surface area contributed by atoms with Crippen LogP contribution in [0.2, 0.25) is 0 Å². The van der Waals surface area contributed by atoms with Gasteiger partial charge in [0, 0.05) is 32.2 Å². The summed E-state index contributed by atoms with van der Waals surface area (Å²) >= 11 is 0. The van der Waals surface area contributed by atoms with Crippen molar-refractivity contribution in [2.24, 2.45) is 0 Å². The van der Waals surface area contributed by atoms with Crippen LogP contribution in [-0.4, -0.2) is 31.1 Å². The number of nitrogens with one attached hydrogen (secondary N) is 1. The van der Waals surface area contributed by atoms with Crippen LogP contribution in [0.25, 0.3) is 0 Å². The van der Waals surface area contributed by atoms with Gasteiger partial charge in [0.15, 0.2) is 0 Å². The molecule has 1 fully saturated rings. The van der Waals surface area contributed by atoms with E-state index in [4.69, 9.17) is 10.00 Å². The fourth-order valence-corrected chi connectivity index (χ4v) is 2.92. The van der Waals surface area contributed by atoms with Crippen molar-refractivity contribution in [3.8, 4) is 17.6 Å². The van der Waals surface area contributed by atoms with Crippen LogP contribution in [0.5, 0.6) is 11.5 Å². The summed E-state index contributed by atoms with van der Waals surface area (Å²) in [5.74, 6) is 1.65. The molecule has 1 heterocycles. The second kappa shape index (κ2) is 11.0. The van der Waals surface area contributed by atoms with Crippen molar-refractivity contribution >= 4 is 24.8 Å². The molecule has 1 N–H and O–H groups in total. The molecule has 0 aromatic heterocycles. The molecular formula is C19H23Cl2N3O. The van der Waals surface area contributed by atoms with E-state index in [2.05, 4.69) is 28.4 Å². The Morgan fingerprint density at radius 1 is 0.960 bits per heavy atom. The largest absolute Gasteiger partial charge is 0.457 e. The maximum atomic E-state index is 9.16. The van der Waals surface area contributed by atoms with Crippen molar-refractivity contribution in [3.63, 3.8) is 0 Å². The summed E-state index contributed by atoms with van der Waals surface area (Å²) < 4.78 is 5.83. The van der Waals surface area contributed by atoms with E-state index in [9.17, 15) is 0 Å². The molecule has 134 valence electrons. The lowest BCUT2D eigenvalue weighted by atomic mass is 10.0. The Balaban J connectivity index is 0.00000156. The van der Waals surface area contributed by atoms with Gasteiger partial charge in [-0.2, -0.15) is 5.26 Å². The fraction of sp³-hybridized carbons (Fsp3) is 0.316. The highest BCUT2D eigenvalue weighted by Crippen LogP contribution is 2.28. The Morgan fingerprint density at radius 3 is 2.16 bits per heavy atom. The second-order valence-corrected chi connectivity index (χ2v) is 5.65. The Morgan fingerprint density at radius 2 is 1.56 bits per heavy atom. The van der Waals surface area contributed by atoms with Crippen molar-refractivity contribution in [1.29, 1.82) is 5.26 Å². The van der Waals surface area contributed by atoms with Crippen molar-refractivity contribution in [2.45, 2.75) is 12.5 Å². The van der Waals surface area contributed by atoms with Gasteiger partial charge in [0.1, 0.15) is 11.5 Å². The van der Waals surface area contributed by atoms with Crippen LogP contribution in [0.1, 0.15) is 18.0 Å². The maximum Gasteiger partial charge on any atom is 0.127 e. The van der Waals surface area contributed by atoms with Crippen LogP contribution in [0, 0.1) is 11.3 Å². The van der Waals surface area contributed by atoms with Crippen molar-refractivity contribution in [3.05, 3.63) is 60.2 Å². The third kappa shape index (κ3) is 5.91. The van der Waals surface area contributed by atoms with Gasteiger partial charge in [-0.1, -0.05) is 30.3 Å². The van der Waals surface area contributed by atoms with E-state index in [-0.39, 0.29) is 30.9 Å². The molecule has 1 aliphatic rings. The van der Waals surface area contributed by atoms with E-state index in [1.807, 2.05) is 42.5 Å². The van der Waals surface area contributed by atoms with E-state index in [0.29, 0.717) is 6.42 Å². The maximum absolute atomic E-state index is 9.16. The summed E-state index contributed by atoms with van der Waals surface area (Å²) in [7, 11) is 0. The van der Waals surface area contributed by atoms with Crippen LogP contribution < -0.4 is 10.1 Å². The number of piperazine rings is 1. The van der Waals surface area contributed by atoms with Gasteiger partial charge < -0.3 is 10.1 Å². The minimum absolute atomic E-state index is 0. The second-order valence-electron chi connectivity index (χ2n) is 5.65. The number of ether oxygens (including phenoxy) is 1. The van der Waals surface area contributed by atoms with Gasteiger partial charge in [0.2, 0.25) is 0 Å². The predicted octanol–water partition coefficient (Wildman–Crippen LogP) is 4.18. The molecule has 0 spiro atoms. The molecule has 25 heavy (non-hydrogen) atoms. The van der Waals surface area contributed by atoms with Crippen LogP contribution in [0.4, 0.5) is 0 Å². The first-order valence-electron chi connectivity index (χ1n) is 8.01. The number of benzene rings is 2. The Kier molecular flexibility index (Phi) is 9.33. The molecule has 0 amide bonds. The van der Waals surface area contributed by atoms with E-state index in [0.717, 1.165) is 37.7 Å². The SMILES string of the molecule is Cl.Cl.N#CC[C@@H](c1ccc(Oc2ccccc2)cc1)N1CCNCC1. The summed E-state index contributed by atoms with van der Waals surface area (Å²) in [6, 6.07) is 20.3. The standard InChI is InChI=1S/C19H21N3O.2ClH/c20-11-10-19(22-14-12-21-13-15-22)16-6-8-18(9-7-16)23-17-4-2-1-3-5-17;;/h1-9,19,21H,10,12-15H2;2*1H/t19-;;/m0../s1. The third-order valence-electron chi connectivity index (χ3n) is 4.12. The zero-order valence-electron chi connectivity index (χ0n) is 13.9. The monoisotopic (exact) mass is 379 g/mol. The van der Waals surface area contributed by atoms with Gasteiger partial charge >= 0.3 is 0 Å². The molecule has 0 bridgehead atoms. The fourth-order valence-electron chi connectivity index (χ4n) is 2.92. The molecule has 2 aromatic carbocycles. The van der Waals surface area contributed by atoms with Crippen molar-refractivity contribution in [2.75, 3.05) is 26.2 Å². The molecular weight excluding hydrogens is 357 g/mol. The third-order valence-corrected chi connectivity index (χ3v) is 4.12. The average molecular weight is 380 g/mol. The molecule has 1 aliphatic heterocycles. The van der Waals surface area contributed by atoms with Gasteiger partial charge in [-0.3, -0.25) is 4.90 Å². The van der Waals surface area contributed by atoms with Gasteiger partial charge in [0.25, 0.3) is 0 Å². The molecule has 0 aliphatic carbocycles. The molecule has 3 rings (SSSR count). The molecule has 1 atom stereocenters. The summed E-state index contributed by atoms with van der Waals surface area (Å²) in [4.78, 5) is 2.38. The predicted molar refractivity (Wildman–Crippen MR) is 105 cm³/mol. The quantitative estimate of drug-likeness (QED) is 0.845. The first-order chi connectivity index (χ1) is 11.4. The zero-order chi connectivity index (χ0) is 15.9. The molecule has 1 saturated heterocycles. The minimum atomic E-state index is 0. The van der Waals surface area contributed by atoms with Gasteiger partial charge in [0.05, 0.1) is 12.5 Å². The Hall–Kier alpha value is -1.77. The topological polar surface area (TPSA) is 48.3 Å². The first-order valence-corrected chi connectivity index (χ1v) is 8.01. The van der Waals surface area contributed by atoms with E-state index >= 15 is 0 Å². The molecule has 2 aromatic rings. The molecule has 6 heteroatoms. The summed E-state index contributed by atoms with van der Waals surface area (Å²) in [5, 5.41) is 12.5. The van der Waals surface area contributed by atoms with E-state index in [1.165, 1.54) is 5.56 Å². The van der Waals surface area contributed by atoms with Crippen LogP contribution >= 0.6 is 24.8 Å². The van der Waals surface area contributed by atoms with Crippen LogP contribution in [0.15, 0.2) is 54.6 Å². The highest BCUT2D eigenvalue weighted by Gasteiger charge is 2.21. The summed E-state index contributed by atoms with van der Waals surface area (Å²) in [5.41, 5.74) is 1.17. The zero-order valence-corrected chi connectivity index (χ0v) is 15.6. The summed E-state index contributed by atoms with van der Waals surface area (Å²) in [6.07, 6.45) is 0.513. The van der Waals surface area contributed by atoms with E-state index in [1.54, 1.807) is 0 Å². The van der Waals surface area contributed by atoms with Gasteiger partial charge in [-0.25, -0.2) is 0 Å². The number of halogens is 2. The lowest BCUT2D eigenvalue weighted by Gasteiger charge is -2.34. The number of hydrogen-bond acceptors (Lipinski definition) is 4. The normalized spacial score (nSPS) is 15.2. The first kappa shape index (κ1) is 21.3. The van der Waals surface area contributed by atoms with Crippen LogP contribution in [-0.2, 0) is 0 Å². The number of nitriles is 1. The van der Waals surface area contributed by atoms with Crippen LogP contribution in [0.3, 0.4) is 0 Å². The number of nitrogens with zero attached hydrogens (tertiary/aromatic N) is 2. The molecule has 0 saturated carbocycles. The average Bonchev–Trinajstić information content (AvgIpc) is 2.62. The Bertz CT molecular complexity index is 653. The van der Waals surface area contributed by atoms with Gasteiger partial charge in [-0.15, -0.1) is 24.8 Å².